The molecule has 0 aromatic heterocycles. The van der Waals surface area contributed by atoms with Crippen molar-refractivity contribution >= 4 is 5.57 Å². The van der Waals surface area contributed by atoms with Gasteiger partial charge in [0.05, 0.1) is 0 Å². The lowest BCUT2D eigenvalue weighted by atomic mass is 10.0. The number of benzene rings is 1. The van der Waals surface area contributed by atoms with Crippen LogP contribution in [0.5, 0.6) is 0 Å². The summed E-state index contributed by atoms with van der Waals surface area (Å²) in [5.41, 5.74) is 2.79. The number of unbranched alkanes of at least 4 members (excludes halogenated alkanes) is 9. The first-order valence-electron chi connectivity index (χ1n) is 8.56. The summed E-state index contributed by atoms with van der Waals surface area (Å²) in [6.07, 6.45) is 16.3. The number of hydrogen-bond donors (Lipinski definition) is 0. The molecular formula is C20H32. The summed E-state index contributed by atoms with van der Waals surface area (Å²) in [4.78, 5) is 0. The van der Waals surface area contributed by atoms with Crippen LogP contribution in [0.15, 0.2) is 36.4 Å². The van der Waals surface area contributed by atoms with Crippen molar-refractivity contribution in [3.63, 3.8) is 0 Å². The van der Waals surface area contributed by atoms with Crippen molar-refractivity contribution in [1.29, 1.82) is 0 Å². The molecule has 0 N–H and O–H groups in total. The van der Waals surface area contributed by atoms with Crippen LogP contribution in [-0.2, 0) is 0 Å². The van der Waals surface area contributed by atoms with E-state index in [0.717, 1.165) is 0 Å². The zero-order valence-corrected chi connectivity index (χ0v) is 13.5. The second kappa shape index (κ2) is 11.8. The van der Waals surface area contributed by atoms with Crippen LogP contribution in [-0.4, -0.2) is 0 Å². The van der Waals surface area contributed by atoms with Crippen molar-refractivity contribution in [2.75, 3.05) is 0 Å². The third-order valence-corrected chi connectivity index (χ3v) is 3.99. The fraction of sp³-hybridized carbons (Fsp3) is 0.600. The van der Waals surface area contributed by atoms with E-state index in [0.29, 0.717) is 0 Å². The van der Waals surface area contributed by atoms with Crippen LogP contribution in [0.4, 0.5) is 0 Å². The molecule has 0 aliphatic rings. The van der Waals surface area contributed by atoms with Crippen molar-refractivity contribution in [2.45, 2.75) is 78.1 Å². The molecule has 112 valence electrons. The van der Waals surface area contributed by atoms with Crippen molar-refractivity contribution in [2.24, 2.45) is 0 Å². The summed E-state index contributed by atoms with van der Waals surface area (Å²) < 4.78 is 0. The predicted octanol–water partition coefficient (Wildman–Crippen LogP) is 7.01. The minimum atomic E-state index is 1.23. The topological polar surface area (TPSA) is 0 Å². The molecule has 0 bridgehead atoms. The summed E-state index contributed by atoms with van der Waals surface area (Å²) >= 11 is 0. The Bertz CT molecular complexity index is 348. The maximum Gasteiger partial charge on any atom is -0.0231 e. The first-order chi connectivity index (χ1) is 9.84. The normalized spacial score (nSPS) is 11.8. The lowest BCUT2D eigenvalue weighted by molar-refractivity contribution is 0.566. The van der Waals surface area contributed by atoms with Crippen LogP contribution in [0, 0.1) is 0 Å². The molecule has 1 aromatic carbocycles. The van der Waals surface area contributed by atoms with Gasteiger partial charge in [0, 0.05) is 0 Å². The van der Waals surface area contributed by atoms with Gasteiger partial charge in [-0.2, -0.15) is 0 Å². The molecule has 0 unspecified atom stereocenters. The molecule has 0 aliphatic heterocycles. The Balaban J connectivity index is 1.99. The van der Waals surface area contributed by atoms with E-state index in [1.165, 1.54) is 75.3 Å². The summed E-state index contributed by atoms with van der Waals surface area (Å²) in [6.45, 7) is 4.51. The van der Waals surface area contributed by atoms with Crippen LogP contribution in [0.25, 0.3) is 5.57 Å². The van der Waals surface area contributed by atoms with Gasteiger partial charge in [-0.1, -0.05) is 94.7 Å². The van der Waals surface area contributed by atoms with E-state index in [-0.39, 0.29) is 0 Å². The van der Waals surface area contributed by atoms with Crippen molar-refractivity contribution < 1.29 is 0 Å². The van der Waals surface area contributed by atoms with Gasteiger partial charge in [-0.3, -0.25) is 0 Å². The van der Waals surface area contributed by atoms with Crippen LogP contribution >= 0.6 is 0 Å². The molecule has 0 nitrogen and oxygen atoms in total. The van der Waals surface area contributed by atoms with Gasteiger partial charge < -0.3 is 0 Å². The van der Waals surface area contributed by atoms with Gasteiger partial charge in [0.1, 0.15) is 0 Å². The molecule has 20 heavy (non-hydrogen) atoms. The van der Waals surface area contributed by atoms with Gasteiger partial charge in [0.2, 0.25) is 0 Å². The lowest BCUT2D eigenvalue weighted by Gasteiger charge is -2.02. The number of hydrogen-bond acceptors (Lipinski definition) is 0. The van der Waals surface area contributed by atoms with Gasteiger partial charge in [-0.15, -0.1) is 0 Å². The molecule has 0 spiro atoms. The van der Waals surface area contributed by atoms with E-state index in [1.54, 1.807) is 0 Å². The molecule has 0 aliphatic carbocycles. The lowest BCUT2D eigenvalue weighted by Crippen LogP contribution is -1.82. The molecule has 1 aromatic rings. The maximum absolute atomic E-state index is 2.40. The molecule has 0 radical (unpaired) electrons. The van der Waals surface area contributed by atoms with Crippen LogP contribution in [0.1, 0.15) is 83.6 Å². The third-order valence-electron chi connectivity index (χ3n) is 3.99. The number of allylic oxidation sites excluding steroid dienone is 2. The van der Waals surface area contributed by atoms with E-state index >= 15 is 0 Å². The van der Waals surface area contributed by atoms with Crippen LogP contribution in [0.3, 0.4) is 0 Å². The van der Waals surface area contributed by atoms with Gasteiger partial charge in [0.25, 0.3) is 0 Å². The molecular weight excluding hydrogens is 240 g/mol. The number of rotatable bonds is 11. The summed E-state index contributed by atoms with van der Waals surface area (Å²) in [5, 5.41) is 0. The summed E-state index contributed by atoms with van der Waals surface area (Å²) in [5.74, 6) is 0. The Morgan fingerprint density at radius 2 is 1.35 bits per heavy atom. The molecule has 0 saturated carbocycles. The minimum Gasteiger partial charge on any atom is -0.0810 e. The Labute approximate surface area is 126 Å². The fourth-order valence-electron chi connectivity index (χ4n) is 2.59. The largest absolute Gasteiger partial charge is 0.0810 e. The minimum absolute atomic E-state index is 1.23. The zero-order valence-electron chi connectivity index (χ0n) is 13.5. The molecule has 0 saturated heterocycles. The standard InChI is InChI=1S/C20H32/c1-3-4-5-6-7-8-9-10-11-13-16-19(2)20-17-14-12-15-18-20/h12,14-18H,3-11,13H2,1-2H3/b19-16-. The Hall–Kier alpha value is -1.04. The van der Waals surface area contributed by atoms with Gasteiger partial charge >= 0.3 is 0 Å². The average Bonchev–Trinajstić information content (AvgIpc) is 2.50. The summed E-state index contributed by atoms with van der Waals surface area (Å²) in [7, 11) is 0. The van der Waals surface area contributed by atoms with Crippen molar-refractivity contribution in [3.05, 3.63) is 42.0 Å². The maximum atomic E-state index is 2.40. The Morgan fingerprint density at radius 3 is 1.95 bits per heavy atom. The SMILES string of the molecule is CCCCCCCCCCC/C=C(/C)c1ccccc1. The highest BCUT2D eigenvalue weighted by Gasteiger charge is 1.94. The zero-order chi connectivity index (χ0) is 14.5. The molecule has 1 rings (SSSR count). The van der Waals surface area contributed by atoms with E-state index in [9.17, 15) is 0 Å². The second-order valence-corrected chi connectivity index (χ2v) is 5.87. The second-order valence-electron chi connectivity index (χ2n) is 5.87. The van der Waals surface area contributed by atoms with Crippen molar-refractivity contribution in [3.8, 4) is 0 Å². The Morgan fingerprint density at radius 1 is 0.800 bits per heavy atom. The van der Waals surface area contributed by atoms with Crippen LogP contribution < -0.4 is 0 Å². The van der Waals surface area contributed by atoms with Crippen LogP contribution in [0.2, 0.25) is 0 Å². The highest BCUT2D eigenvalue weighted by molar-refractivity contribution is 5.63. The smallest absolute Gasteiger partial charge is 0.0231 e. The monoisotopic (exact) mass is 272 g/mol. The molecule has 0 atom stereocenters. The molecule has 0 heteroatoms. The van der Waals surface area contributed by atoms with E-state index in [2.05, 4.69) is 50.3 Å². The van der Waals surface area contributed by atoms with Gasteiger partial charge in [0.15, 0.2) is 0 Å². The molecule has 0 amide bonds. The fourth-order valence-corrected chi connectivity index (χ4v) is 2.59. The third kappa shape index (κ3) is 8.19. The Kier molecular flexibility index (Phi) is 10.0. The molecule has 0 fully saturated rings. The first-order valence-corrected chi connectivity index (χ1v) is 8.56. The van der Waals surface area contributed by atoms with Crippen molar-refractivity contribution in [1.82, 2.24) is 0 Å². The first kappa shape index (κ1) is 17.0. The van der Waals surface area contributed by atoms with E-state index < -0.39 is 0 Å². The molecule has 0 heterocycles. The predicted molar refractivity (Wildman–Crippen MR) is 91.9 cm³/mol. The van der Waals surface area contributed by atoms with E-state index in [1.807, 2.05) is 0 Å². The quantitative estimate of drug-likeness (QED) is 0.380. The van der Waals surface area contributed by atoms with Gasteiger partial charge in [-0.25, -0.2) is 0 Å². The summed E-state index contributed by atoms with van der Waals surface area (Å²) in [6, 6.07) is 10.7. The average molecular weight is 272 g/mol. The highest BCUT2D eigenvalue weighted by atomic mass is 14.0. The van der Waals surface area contributed by atoms with Gasteiger partial charge in [-0.05, 0) is 30.9 Å². The highest BCUT2D eigenvalue weighted by Crippen LogP contribution is 2.15. The van der Waals surface area contributed by atoms with E-state index in [4.69, 9.17) is 0 Å².